The third-order valence-electron chi connectivity index (χ3n) is 4.74. The van der Waals surface area contributed by atoms with Crippen molar-refractivity contribution in [2.45, 2.75) is 71.8 Å². The van der Waals surface area contributed by atoms with Gasteiger partial charge in [0.25, 0.3) is 5.91 Å². The topological polar surface area (TPSA) is 143 Å². The minimum atomic E-state index is -1.82. The van der Waals surface area contributed by atoms with Gasteiger partial charge in [-0.2, -0.15) is 0 Å². The van der Waals surface area contributed by atoms with Crippen LogP contribution in [0.2, 0.25) is 5.15 Å². The molecule has 186 valence electrons. The number of amides is 2. The van der Waals surface area contributed by atoms with Crippen LogP contribution in [-0.4, -0.2) is 49.4 Å². The molecule has 0 spiro atoms. The molecule has 1 heterocycles. The van der Waals surface area contributed by atoms with Crippen molar-refractivity contribution in [3.05, 3.63) is 46.5 Å². The Hall–Kier alpha value is -3.11. The Labute approximate surface area is 203 Å². The lowest BCUT2D eigenvalue weighted by atomic mass is 10.1. The number of aromatic nitrogens is 2. The molecule has 34 heavy (non-hydrogen) atoms. The van der Waals surface area contributed by atoms with E-state index in [1.807, 2.05) is 4.57 Å². The zero-order valence-corrected chi connectivity index (χ0v) is 20.5. The van der Waals surface area contributed by atoms with E-state index in [-0.39, 0.29) is 11.8 Å². The number of carboxylic acid groups (broad SMARTS) is 1. The standard InChI is InChI=1S/C23H31ClN4O6/c1-5-6-7-17-26-19(24)16(13-29)28(17)12-14-8-10-15(11-9-14)25-20(30)18(21(31)32)27-22(33)34-23(2,3)4/h8-11,18,29H,5-7,12-13H2,1-4H3,(H,25,30)(H,27,33)(H,31,32)/t18-/m0/s1. The summed E-state index contributed by atoms with van der Waals surface area (Å²) in [6.45, 7) is 7.12. The highest BCUT2D eigenvalue weighted by atomic mass is 35.5. The van der Waals surface area contributed by atoms with Crippen LogP contribution < -0.4 is 10.6 Å². The van der Waals surface area contributed by atoms with Crippen molar-refractivity contribution in [3.63, 3.8) is 0 Å². The van der Waals surface area contributed by atoms with Crippen LogP contribution in [0.1, 0.15) is 57.6 Å². The highest BCUT2D eigenvalue weighted by Crippen LogP contribution is 2.21. The van der Waals surface area contributed by atoms with Gasteiger partial charge in [0, 0.05) is 18.7 Å². The Morgan fingerprint density at radius 1 is 1.21 bits per heavy atom. The van der Waals surface area contributed by atoms with Crippen LogP contribution in [-0.2, 0) is 33.9 Å². The fraction of sp³-hybridized carbons (Fsp3) is 0.478. The highest BCUT2D eigenvalue weighted by Gasteiger charge is 2.30. The van der Waals surface area contributed by atoms with Crippen molar-refractivity contribution in [2.24, 2.45) is 0 Å². The SMILES string of the molecule is CCCCc1nc(Cl)c(CO)n1Cc1ccc(NC(=O)[C@H](NC(=O)OC(C)(C)C)C(=O)O)cc1. The first-order valence-electron chi connectivity index (χ1n) is 10.9. The summed E-state index contributed by atoms with van der Waals surface area (Å²) in [4.78, 5) is 40.2. The Morgan fingerprint density at radius 3 is 2.38 bits per heavy atom. The van der Waals surface area contributed by atoms with Crippen molar-refractivity contribution >= 4 is 35.3 Å². The molecule has 10 nitrogen and oxygen atoms in total. The fourth-order valence-corrected chi connectivity index (χ4v) is 3.38. The van der Waals surface area contributed by atoms with E-state index >= 15 is 0 Å². The van der Waals surface area contributed by atoms with Gasteiger partial charge in [-0.25, -0.2) is 14.6 Å². The number of carbonyl (C=O) groups excluding carboxylic acids is 2. The van der Waals surface area contributed by atoms with E-state index in [0.717, 1.165) is 30.7 Å². The van der Waals surface area contributed by atoms with Crippen molar-refractivity contribution in [1.29, 1.82) is 0 Å². The average molecular weight is 495 g/mol. The lowest BCUT2D eigenvalue weighted by molar-refractivity contribution is -0.142. The van der Waals surface area contributed by atoms with E-state index < -0.39 is 29.6 Å². The van der Waals surface area contributed by atoms with Crippen LogP contribution >= 0.6 is 11.6 Å². The van der Waals surface area contributed by atoms with E-state index in [4.69, 9.17) is 16.3 Å². The largest absolute Gasteiger partial charge is 0.479 e. The molecule has 0 fully saturated rings. The molecule has 0 aliphatic rings. The lowest BCUT2D eigenvalue weighted by Crippen LogP contribution is -2.50. The lowest BCUT2D eigenvalue weighted by Gasteiger charge is -2.21. The van der Waals surface area contributed by atoms with Crippen LogP contribution in [0.5, 0.6) is 0 Å². The number of rotatable bonds is 10. The number of ether oxygens (including phenoxy) is 1. The van der Waals surface area contributed by atoms with E-state index in [1.54, 1.807) is 45.0 Å². The number of nitrogens with zero attached hydrogens (tertiary/aromatic N) is 2. The molecule has 2 amide bonds. The van der Waals surface area contributed by atoms with E-state index in [9.17, 15) is 24.6 Å². The van der Waals surface area contributed by atoms with E-state index in [2.05, 4.69) is 22.5 Å². The molecule has 1 aromatic heterocycles. The molecule has 1 atom stereocenters. The summed E-state index contributed by atoms with van der Waals surface area (Å²) in [6, 6.07) is 4.91. The highest BCUT2D eigenvalue weighted by molar-refractivity contribution is 6.30. The van der Waals surface area contributed by atoms with Gasteiger partial charge in [0.1, 0.15) is 11.4 Å². The maximum atomic E-state index is 12.4. The second kappa shape index (κ2) is 11.8. The first kappa shape index (κ1) is 27.1. The minimum Gasteiger partial charge on any atom is -0.479 e. The number of carbonyl (C=O) groups is 3. The van der Waals surface area contributed by atoms with Gasteiger partial charge in [-0.3, -0.25) is 10.1 Å². The molecular formula is C23H31ClN4O6. The zero-order valence-electron chi connectivity index (χ0n) is 19.7. The van der Waals surface area contributed by atoms with E-state index in [0.29, 0.717) is 17.9 Å². The maximum absolute atomic E-state index is 12.4. The van der Waals surface area contributed by atoms with Gasteiger partial charge in [0.2, 0.25) is 6.04 Å². The summed E-state index contributed by atoms with van der Waals surface area (Å²) < 4.78 is 6.89. The molecule has 2 aromatic rings. The molecule has 0 unspecified atom stereocenters. The molecule has 0 saturated heterocycles. The molecule has 0 aliphatic carbocycles. The third kappa shape index (κ3) is 7.74. The molecule has 0 radical (unpaired) electrons. The monoisotopic (exact) mass is 494 g/mol. The number of hydrogen-bond donors (Lipinski definition) is 4. The fourth-order valence-electron chi connectivity index (χ4n) is 3.12. The number of aliphatic hydroxyl groups excluding tert-OH is 1. The van der Waals surface area contributed by atoms with Gasteiger partial charge in [0.05, 0.1) is 12.3 Å². The predicted molar refractivity (Wildman–Crippen MR) is 127 cm³/mol. The first-order chi connectivity index (χ1) is 15.9. The van der Waals surface area contributed by atoms with Crippen molar-refractivity contribution in [2.75, 3.05) is 5.32 Å². The Morgan fingerprint density at radius 2 is 1.85 bits per heavy atom. The summed E-state index contributed by atoms with van der Waals surface area (Å²) in [5.74, 6) is -1.66. The number of alkyl carbamates (subject to hydrolysis) is 1. The number of imidazole rings is 1. The van der Waals surface area contributed by atoms with Gasteiger partial charge in [-0.15, -0.1) is 0 Å². The normalized spacial score (nSPS) is 12.2. The Kier molecular flexibility index (Phi) is 9.46. The van der Waals surface area contributed by atoms with Gasteiger partial charge < -0.3 is 24.8 Å². The molecule has 4 N–H and O–H groups in total. The number of hydrogen-bond acceptors (Lipinski definition) is 6. The summed E-state index contributed by atoms with van der Waals surface area (Å²) in [5.41, 5.74) is 0.901. The van der Waals surface area contributed by atoms with Crippen LogP contribution in [0.15, 0.2) is 24.3 Å². The number of aliphatic carboxylic acids is 1. The van der Waals surface area contributed by atoms with Crippen molar-refractivity contribution < 1.29 is 29.3 Å². The first-order valence-corrected chi connectivity index (χ1v) is 11.3. The van der Waals surface area contributed by atoms with Gasteiger partial charge >= 0.3 is 12.1 Å². The van der Waals surface area contributed by atoms with Gasteiger partial charge in [-0.1, -0.05) is 37.1 Å². The van der Waals surface area contributed by atoms with Gasteiger partial charge in [-0.05, 0) is 44.9 Å². The van der Waals surface area contributed by atoms with E-state index in [1.165, 1.54) is 0 Å². The molecule has 11 heteroatoms. The zero-order chi connectivity index (χ0) is 25.5. The maximum Gasteiger partial charge on any atom is 0.408 e. The number of aliphatic hydroxyl groups is 1. The second-order valence-corrected chi connectivity index (χ2v) is 9.08. The van der Waals surface area contributed by atoms with Crippen molar-refractivity contribution in [3.8, 4) is 0 Å². The molecule has 1 aromatic carbocycles. The molecule has 0 bridgehead atoms. The number of anilines is 1. The number of aryl methyl sites for hydroxylation is 1. The summed E-state index contributed by atoms with van der Waals surface area (Å²) in [5, 5.41) is 23.9. The number of nitrogens with one attached hydrogen (secondary N) is 2. The number of carboxylic acids is 1. The summed E-state index contributed by atoms with van der Waals surface area (Å²) in [6.07, 6.45) is 1.65. The van der Waals surface area contributed by atoms with Crippen LogP contribution in [0, 0.1) is 0 Å². The number of halogens is 1. The minimum absolute atomic E-state index is 0.243. The van der Waals surface area contributed by atoms with Crippen LogP contribution in [0.3, 0.4) is 0 Å². The summed E-state index contributed by atoms with van der Waals surface area (Å²) in [7, 11) is 0. The molecule has 0 aliphatic heterocycles. The van der Waals surface area contributed by atoms with Crippen LogP contribution in [0.25, 0.3) is 0 Å². The quantitative estimate of drug-likeness (QED) is 0.371. The summed E-state index contributed by atoms with van der Waals surface area (Å²) >= 11 is 6.18. The molecule has 0 saturated carbocycles. The second-order valence-electron chi connectivity index (χ2n) is 8.72. The van der Waals surface area contributed by atoms with Crippen molar-refractivity contribution in [1.82, 2.24) is 14.9 Å². The number of benzene rings is 1. The van der Waals surface area contributed by atoms with Gasteiger partial charge in [0.15, 0.2) is 5.15 Å². The average Bonchev–Trinajstić information content (AvgIpc) is 3.04. The molecular weight excluding hydrogens is 464 g/mol. The smallest absolute Gasteiger partial charge is 0.408 e. The Balaban J connectivity index is 2.10. The van der Waals surface area contributed by atoms with Crippen LogP contribution in [0.4, 0.5) is 10.5 Å². The third-order valence-corrected chi connectivity index (χ3v) is 5.04. The molecule has 2 rings (SSSR count). The predicted octanol–water partition coefficient (Wildman–Crippen LogP) is 3.34. The number of unbranched alkanes of at least 4 members (excludes halogenated alkanes) is 1. The Bertz CT molecular complexity index is 1010.